The van der Waals surface area contributed by atoms with E-state index in [9.17, 15) is 4.79 Å². The van der Waals surface area contributed by atoms with Gasteiger partial charge in [-0.1, -0.05) is 6.42 Å². The van der Waals surface area contributed by atoms with Gasteiger partial charge in [0.25, 0.3) is 0 Å². The molecule has 0 saturated carbocycles. The molecule has 1 fully saturated rings. The van der Waals surface area contributed by atoms with E-state index in [1.54, 1.807) is 13.3 Å². The molecule has 2 rings (SSSR count). The zero-order valence-corrected chi connectivity index (χ0v) is 10.6. The van der Waals surface area contributed by atoms with E-state index < -0.39 is 0 Å². The predicted octanol–water partition coefficient (Wildman–Crippen LogP) is 1.24. The zero-order valence-electron chi connectivity index (χ0n) is 10.6. The fourth-order valence-electron chi connectivity index (χ4n) is 2.50. The van der Waals surface area contributed by atoms with Gasteiger partial charge in [0.15, 0.2) is 0 Å². The number of Topliss-reactive ketones (excluding diaryl/α,β-unsaturated/α-hetero) is 1. The topological polar surface area (TPSA) is 51.0 Å². The highest BCUT2D eigenvalue weighted by Crippen LogP contribution is 2.19. The molecule has 17 heavy (non-hydrogen) atoms. The lowest BCUT2D eigenvalue weighted by Gasteiger charge is -2.33. The minimum atomic E-state index is 0.0748. The first-order chi connectivity index (χ1) is 8.22. The van der Waals surface area contributed by atoms with Crippen LogP contribution in [-0.2, 0) is 17.9 Å². The second kappa shape index (κ2) is 5.40. The number of nitrogens with zero attached hydrogens (tertiary/aromatic N) is 4. The van der Waals surface area contributed by atoms with Gasteiger partial charge in [-0.05, 0) is 33.2 Å². The van der Waals surface area contributed by atoms with Gasteiger partial charge in [0.05, 0.1) is 12.6 Å². The first kappa shape index (κ1) is 12.2. The minimum absolute atomic E-state index is 0.0748. The van der Waals surface area contributed by atoms with Crippen LogP contribution in [0, 0.1) is 0 Å². The highest BCUT2D eigenvalue weighted by molar-refractivity contribution is 5.81. The van der Waals surface area contributed by atoms with E-state index >= 15 is 0 Å². The monoisotopic (exact) mass is 236 g/mol. The summed E-state index contributed by atoms with van der Waals surface area (Å²) in [6, 6.07) is 0.0748. The molecule has 94 valence electrons. The van der Waals surface area contributed by atoms with Crippen molar-refractivity contribution in [2.24, 2.45) is 0 Å². The third-order valence-electron chi connectivity index (χ3n) is 3.42. The second-order valence-electron chi connectivity index (χ2n) is 4.58. The molecule has 0 aromatic carbocycles. The second-order valence-corrected chi connectivity index (χ2v) is 4.58. The van der Waals surface area contributed by atoms with Gasteiger partial charge in [0, 0.05) is 6.54 Å². The van der Waals surface area contributed by atoms with Gasteiger partial charge in [-0.3, -0.25) is 9.69 Å². The summed E-state index contributed by atoms with van der Waals surface area (Å²) < 4.78 is 1.89. The number of carbonyl (C=O) groups is 1. The van der Waals surface area contributed by atoms with Crippen molar-refractivity contribution in [3.63, 3.8) is 0 Å². The number of rotatable bonds is 4. The molecule has 1 aromatic heterocycles. The van der Waals surface area contributed by atoms with Crippen LogP contribution in [-0.4, -0.2) is 38.0 Å². The van der Waals surface area contributed by atoms with Gasteiger partial charge >= 0.3 is 0 Å². The molecule has 0 amide bonds. The van der Waals surface area contributed by atoms with Crippen molar-refractivity contribution in [1.29, 1.82) is 0 Å². The molecule has 1 saturated heterocycles. The smallest absolute Gasteiger partial charge is 0.146 e. The molecule has 5 nitrogen and oxygen atoms in total. The van der Waals surface area contributed by atoms with Crippen molar-refractivity contribution in [3.05, 3.63) is 12.2 Å². The number of aromatic nitrogens is 3. The Hall–Kier alpha value is -1.23. The van der Waals surface area contributed by atoms with E-state index in [1.807, 2.05) is 4.68 Å². The van der Waals surface area contributed by atoms with Gasteiger partial charge in [0.1, 0.15) is 17.9 Å². The van der Waals surface area contributed by atoms with E-state index in [1.165, 1.54) is 6.42 Å². The largest absolute Gasteiger partial charge is 0.298 e. The normalized spacial score (nSPS) is 21.6. The molecule has 0 aliphatic carbocycles. The number of piperidine rings is 1. The third-order valence-corrected chi connectivity index (χ3v) is 3.42. The summed E-state index contributed by atoms with van der Waals surface area (Å²) in [6.45, 7) is 6.29. The molecule has 0 bridgehead atoms. The van der Waals surface area contributed by atoms with Crippen LogP contribution in [0.5, 0.6) is 0 Å². The lowest BCUT2D eigenvalue weighted by molar-refractivity contribution is -0.123. The van der Waals surface area contributed by atoms with Crippen molar-refractivity contribution in [2.75, 3.05) is 6.54 Å². The van der Waals surface area contributed by atoms with Gasteiger partial charge in [-0.15, -0.1) is 0 Å². The average molecular weight is 236 g/mol. The van der Waals surface area contributed by atoms with Gasteiger partial charge in [-0.25, -0.2) is 9.67 Å². The van der Waals surface area contributed by atoms with Crippen LogP contribution in [0.25, 0.3) is 0 Å². The molecule has 1 unspecified atom stereocenters. The molecule has 1 atom stereocenters. The summed E-state index contributed by atoms with van der Waals surface area (Å²) in [7, 11) is 0. The van der Waals surface area contributed by atoms with Crippen molar-refractivity contribution >= 4 is 5.78 Å². The Bertz CT molecular complexity index is 388. The van der Waals surface area contributed by atoms with E-state index in [2.05, 4.69) is 21.9 Å². The molecular weight excluding hydrogens is 216 g/mol. The summed E-state index contributed by atoms with van der Waals surface area (Å²) in [5.74, 6) is 1.23. The van der Waals surface area contributed by atoms with E-state index in [0.29, 0.717) is 0 Å². The van der Waals surface area contributed by atoms with Crippen LogP contribution >= 0.6 is 0 Å². The fraction of sp³-hybridized carbons (Fsp3) is 0.750. The summed E-state index contributed by atoms with van der Waals surface area (Å²) in [4.78, 5) is 18.1. The minimum Gasteiger partial charge on any atom is -0.298 e. The van der Waals surface area contributed by atoms with Crippen LogP contribution in [0.15, 0.2) is 6.33 Å². The highest BCUT2D eigenvalue weighted by Gasteiger charge is 2.26. The van der Waals surface area contributed by atoms with E-state index in [4.69, 9.17) is 0 Å². The average Bonchev–Trinajstić information content (AvgIpc) is 2.77. The first-order valence-corrected chi connectivity index (χ1v) is 6.33. The summed E-state index contributed by atoms with van der Waals surface area (Å²) in [6.07, 6.45) is 4.90. The van der Waals surface area contributed by atoms with Crippen molar-refractivity contribution < 1.29 is 4.79 Å². The number of aryl methyl sites for hydroxylation is 1. The fourth-order valence-corrected chi connectivity index (χ4v) is 2.50. The Morgan fingerprint density at radius 3 is 3.06 bits per heavy atom. The van der Waals surface area contributed by atoms with Crippen molar-refractivity contribution in [1.82, 2.24) is 19.7 Å². The van der Waals surface area contributed by atoms with Gasteiger partial charge in [0.2, 0.25) is 0 Å². The molecule has 1 aromatic rings. The maximum atomic E-state index is 11.6. The number of hydrogen-bond donors (Lipinski definition) is 0. The van der Waals surface area contributed by atoms with Crippen LogP contribution < -0.4 is 0 Å². The highest BCUT2D eigenvalue weighted by atomic mass is 16.1. The maximum Gasteiger partial charge on any atom is 0.146 e. The summed E-state index contributed by atoms with van der Waals surface area (Å²) in [5, 5.41) is 4.16. The molecule has 0 N–H and O–H groups in total. The van der Waals surface area contributed by atoms with Gasteiger partial charge in [-0.2, -0.15) is 5.10 Å². The third kappa shape index (κ3) is 2.72. The molecule has 0 radical (unpaired) electrons. The predicted molar refractivity (Wildman–Crippen MR) is 64.4 cm³/mol. The molecule has 5 heteroatoms. The lowest BCUT2D eigenvalue weighted by Crippen LogP contribution is -2.43. The Morgan fingerprint density at radius 1 is 1.53 bits per heavy atom. The number of likely N-dealkylation sites (tertiary alicyclic amines) is 1. The molecule has 0 spiro atoms. The van der Waals surface area contributed by atoms with Crippen LogP contribution in [0.4, 0.5) is 0 Å². The number of hydrogen-bond acceptors (Lipinski definition) is 4. The van der Waals surface area contributed by atoms with Crippen LogP contribution in [0.1, 0.15) is 38.9 Å². The standard InChI is InChI=1S/C12H20N4O/c1-3-16-12(13-9-14-16)8-15-7-5-4-6-11(15)10(2)17/h9,11H,3-8H2,1-2H3. The summed E-state index contributed by atoms with van der Waals surface area (Å²) in [5.41, 5.74) is 0. The molecule has 1 aliphatic heterocycles. The van der Waals surface area contributed by atoms with E-state index in [-0.39, 0.29) is 11.8 Å². The summed E-state index contributed by atoms with van der Waals surface area (Å²) >= 11 is 0. The Kier molecular flexibility index (Phi) is 3.89. The van der Waals surface area contributed by atoms with Crippen molar-refractivity contribution in [2.45, 2.75) is 52.2 Å². The quantitative estimate of drug-likeness (QED) is 0.789. The molecule has 1 aliphatic rings. The zero-order chi connectivity index (χ0) is 12.3. The van der Waals surface area contributed by atoms with E-state index in [0.717, 1.165) is 38.3 Å². The number of ketones is 1. The molecular formula is C12H20N4O. The molecule has 2 heterocycles. The van der Waals surface area contributed by atoms with Gasteiger partial charge < -0.3 is 0 Å². The van der Waals surface area contributed by atoms with Crippen molar-refractivity contribution in [3.8, 4) is 0 Å². The Balaban J connectivity index is 2.08. The van der Waals surface area contributed by atoms with Crippen LogP contribution in [0.2, 0.25) is 0 Å². The maximum absolute atomic E-state index is 11.6. The number of carbonyl (C=O) groups excluding carboxylic acids is 1. The van der Waals surface area contributed by atoms with Crippen LogP contribution in [0.3, 0.4) is 0 Å². The lowest BCUT2D eigenvalue weighted by atomic mass is 9.99. The first-order valence-electron chi connectivity index (χ1n) is 6.33. The Morgan fingerprint density at radius 2 is 2.35 bits per heavy atom. The Labute approximate surface area is 102 Å². The SMILES string of the molecule is CCn1ncnc1CN1CCCCC1C(C)=O.